The highest BCUT2D eigenvalue weighted by Crippen LogP contribution is 2.24. The molecule has 0 rings (SSSR count). The van der Waals surface area contributed by atoms with Crippen LogP contribution >= 0.6 is 11.6 Å². The van der Waals surface area contributed by atoms with Crippen LogP contribution in [0.1, 0.15) is 72.1 Å². The first-order valence-corrected chi connectivity index (χ1v) is 8.76. The monoisotopic (exact) mass is 308 g/mol. The molecule has 20 heavy (non-hydrogen) atoms. The molecule has 0 N–H and O–H groups in total. The lowest BCUT2D eigenvalue weighted by atomic mass is 10.1. The summed E-state index contributed by atoms with van der Waals surface area (Å²) in [5.74, 6) is -0.0313. The van der Waals surface area contributed by atoms with E-state index < -0.39 is 5.97 Å². The Kier molecular flexibility index (Phi) is 14.2. The first-order valence-electron chi connectivity index (χ1n) is 8.22. The zero-order valence-electron chi connectivity index (χ0n) is 13.6. The van der Waals surface area contributed by atoms with Crippen LogP contribution in [0, 0.1) is 0 Å². The van der Waals surface area contributed by atoms with E-state index in [1.807, 2.05) is 20.8 Å². The molecule has 4 heteroatoms. The Morgan fingerprint density at radius 2 is 1.05 bits per heavy atom. The van der Waals surface area contributed by atoms with Crippen molar-refractivity contribution in [2.75, 3.05) is 25.7 Å². The van der Waals surface area contributed by atoms with Gasteiger partial charge in [0, 0.05) is 32.1 Å². The van der Waals surface area contributed by atoms with E-state index in [9.17, 15) is 0 Å². The molecule has 0 aliphatic heterocycles. The fraction of sp³-hybridized carbons (Fsp3) is 1.00. The van der Waals surface area contributed by atoms with E-state index in [0.717, 1.165) is 25.1 Å². The Bertz CT molecular complexity index is 183. The van der Waals surface area contributed by atoms with Gasteiger partial charge in [-0.15, -0.1) is 11.6 Å². The summed E-state index contributed by atoms with van der Waals surface area (Å²) in [5, 5.41) is 0. The third-order valence-electron chi connectivity index (χ3n) is 3.21. The molecule has 0 unspecified atom stereocenters. The predicted molar refractivity (Wildman–Crippen MR) is 85.3 cm³/mol. The molecule has 0 aliphatic rings. The Morgan fingerprint density at radius 3 is 1.45 bits per heavy atom. The Hall–Kier alpha value is 0.170. The molecule has 0 aromatic carbocycles. The maximum Gasteiger partial charge on any atom is 0.282 e. The fourth-order valence-corrected chi connectivity index (χ4v) is 2.51. The van der Waals surface area contributed by atoms with Gasteiger partial charge < -0.3 is 14.2 Å². The van der Waals surface area contributed by atoms with E-state index in [0.29, 0.717) is 19.8 Å². The molecule has 0 saturated carbocycles. The van der Waals surface area contributed by atoms with Crippen LogP contribution in [0.3, 0.4) is 0 Å². The first kappa shape index (κ1) is 20.2. The molecule has 0 spiro atoms. The molecule has 0 fully saturated rings. The van der Waals surface area contributed by atoms with Crippen molar-refractivity contribution in [1.82, 2.24) is 0 Å². The van der Waals surface area contributed by atoms with Crippen LogP contribution in [0.2, 0.25) is 0 Å². The standard InChI is InChI=1S/C16H33ClO3/c1-4-18-16(19-5-2,20-6-3)14-12-10-8-7-9-11-13-15-17/h4-15H2,1-3H3. The predicted octanol–water partition coefficient (Wildman–Crippen LogP) is 5.11. The lowest BCUT2D eigenvalue weighted by Crippen LogP contribution is -2.39. The normalized spacial score (nSPS) is 12.0. The second-order valence-electron chi connectivity index (χ2n) is 4.90. The molecule has 0 bridgehead atoms. The Labute approximate surface area is 130 Å². The van der Waals surface area contributed by atoms with E-state index in [1.54, 1.807) is 0 Å². The lowest BCUT2D eigenvalue weighted by Gasteiger charge is -2.32. The zero-order valence-corrected chi connectivity index (χ0v) is 14.3. The van der Waals surface area contributed by atoms with Gasteiger partial charge in [-0.25, -0.2) is 0 Å². The molecule has 3 nitrogen and oxygen atoms in total. The summed E-state index contributed by atoms with van der Waals surface area (Å²) in [6.45, 7) is 7.76. The smallest absolute Gasteiger partial charge is 0.282 e. The highest BCUT2D eigenvalue weighted by Gasteiger charge is 2.31. The maximum absolute atomic E-state index is 5.71. The third kappa shape index (κ3) is 9.98. The quantitative estimate of drug-likeness (QED) is 0.239. The van der Waals surface area contributed by atoms with Gasteiger partial charge in [0.15, 0.2) is 0 Å². The number of ether oxygens (including phenoxy) is 3. The summed E-state index contributed by atoms with van der Waals surface area (Å²) < 4.78 is 17.1. The second-order valence-corrected chi connectivity index (χ2v) is 5.27. The van der Waals surface area contributed by atoms with E-state index in [1.165, 1.54) is 32.1 Å². The molecule has 122 valence electrons. The zero-order chi connectivity index (χ0) is 15.1. The van der Waals surface area contributed by atoms with Crippen LogP contribution in [0.15, 0.2) is 0 Å². The minimum atomic E-state index is -0.823. The van der Waals surface area contributed by atoms with Crippen LogP contribution in [-0.4, -0.2) is 31.7 Å². The number of hydrogen-bond acceptors (Lipinski definition) is 3. The van der Waals surface area contributed by atoms with Crippen LogP contribution < -0.4 is 0 Å². The van der Waals surface area contributed by atoms with Gasteiger partial charge in [-0.2, -0.15) is 0 Å². The van der Waals surface area contributed by atoms with Crippen molar-refractivity contribution >= 4 is 11.6 Å². The van der Waals surface area contributed by atoms with E-state index in [2.05, 4.69) is 0 Å². The Balaban J connectivity index is 3.82. The number of alkyl halides is 1. The molecular formula is C16H33ClO3. The number of halogens is 1. The molecule has 0 aromatic rings. The topological polar surface area (TPSA) is 27.7 Å². The number of unbranched alkanes of at least 4 members (excludes halogenated alkanes) is 6. The molecule has 0 aromatic heterocycles. The molecule has 0 atom stereocenters. The van der Waals surface area contributed by atoms with E-state index in [-0.39, 0.29) is 0 Å². The van der Waals surface area contributed by atoms with Crippen LogP contribution in [0.4, 0.5) is 0 Å². The van der Waals surface area contributed by atoms with Crippen molar-refractivity contribution in [1.29, 1.82) is 0 Å². The van der Waals surface area contributed by atoms with E-state index >= 15 is 0 Å². The van der Waals surface area contributed by atoms with Crippen molar-refractivity contribution in [3.63, 3.8) is 0 Å². The van der Waals surface area contributed by atoms with E-state index in [4.69, 9.17) is 25.8 Å². The van der Waals surface area contributed by atoms with Gasteiger partial charge in [0.1, 0.15) is 0 Å². The SMILES string of the molecule is CCOC(CCCCCCCCCCl)(OCC)OCC. The van der Waals surface area contributed by atoms with Crippen LogP contribution in [0.25, 0.3) is 0 Å². The minimum Gasteiger partial charge on any atom is -0.328 e. The number of rotatable bonds is 15. The Morgan fingerprint density at radius 1 is 0.650 bits per heavy atom. The van der Waals surface area contributed by atoms with Crippen molar-refractivity contribution in [2.45, 2.75) is 78.1 Å². The lowest BCUT2D eigenvalue weighted by molar-refractivity contribution is -0.380. The highest BCUT2D eigenvalue weighted by atomic mass is 35.5. The molecule has 0 amide bonds. The number of hydrogen-bond donors (Lipinski definition) is 0. The first-order chi connectivity index (χ1) is 9.74. The van der Waals surface area contributed by atoms with Gasteiger partial charge >= 0.3 is 0 Å². The van der Waals surface area contributed by atoms with Crippen molar-refractivity contribution in [2.24, 2.45) is 0 Å². The highest BCUT2D eigenvalue weighted by molar-refractivity contribution is 6.17. The van der Waals surface area contributed by atoms with Gasteiger partial charge in [-0.05, 0) is 33.6 Å². The van der Waals surface area contributed by atoms with Gasteiger partial charge in [-0.3, -0.25) is 0 Å². The van der Waals surface area contributed by atoms with Crippen LogP contribution in [-0.2, 0) is 14.2 Å². The largest absolute Gasteiger partial charge is 0.328 e. The minimum absolute atomic E-state index is 0.610. The van der Waals surface area contributed by atoms with Crippen LogP contribution in [0.5, 0.6) is 0 Å². The van der Waals surface area contributed by atoms with Crippen molar-refractivity contribution in [3.05, 3.63) is 0 Å². The summed E-state index contributed by atoms with van der Waals surface area (Å²) in [6, 6.07) is 0. The molecule has 0 saturated heterocycles. The van der Waals surface area contributed by atoms with Gasteiger partial charge in [0.2, 0.25) is 0 Å². The summed E-state index contributed by atoms with van der Waals surface area (Å²) in [4.78, 5) is 0. The van der Waals surface area contributed by atoms with Gasteiger partial charge in [0.05, 0.1) is 0 Å². The average Bonchev–Trinajstić information content (AvgIpc) is 2.43. The molecule has 0 radical (unpaired) electrons. The summed E-state index contributed by atoms with van der Waals surface area (Å²) in [7, 11) is 0. The average molecular weight is 309 g/mol. The molecular weight excluding hydrogens is 276 g/mol. The van der Waals surface area contributed by atoms with Crippen molar-refractivity contribution in [3.8, 4) is 0 Å². The van der Waals surface area contributed by atoms with Gasteiger partial charge in [-0.1, -0.05) is 32.1 Å². The fourth-order valence-electron chi connectivity index (χ4n) is 2.32. The second kappa shape index (κ2) is 14.1. The third-order valence-corrected chi connectivity index (χ3v) is 3.48. The summed E-state index contributed by atoms with van der Waals surface area (Å²) >= 11 is 5.66. The van der Waals surface area contributed by atoms with Gasteiger partial charge in [0.25, 0.3) is 5.97 Å². The molecule has 0 heterocycles. The van der Waals surface area contributed by atoms with Crippen molar-refractivity contribution < 1.29 is 14.2 Å². The molecule has 0 aliphatic carbocycles. The summed E-state index contributed by atoms with van der Waals surface area (Å²) in [6.07, 6.45) is 9.34. The maximum atomic E-state index is 5.71. The summed E-state index contributed by atoms with van der Waals surface area (Å²) in [5.41, 5.74) is 0.